The quantitative estimate of drug-likeness (QED) is 0.863. The summed E-state index contributed by atoms with van der Waals surface area (Å²) in [4.78, 5) is 0. The number of nitrogens with two attached hydrogens (primary N) is 1. The summed E-state index contributed by atoms with van der Waals surface area (Å²) in [6, 6.07) is 2.62. The van der Waals surface area contributed by atoms with E-state index >= 15 is 0 Å². The first-order valence-corrected chi connectivity index (χ1v) is 9.12. The van der Waals surface area contributed by atoms with Crippen LogP contribution >= 0.6 is 11.3 Å². The van der Waals surface area contributed by atoms with Crippen molar-refractivity contribution in [3.8, 4) is 0 Å². The van der Waals surface area contributed by atoms with Crippen LogP contribution in [0.5, 0.6) is 0 Å². The summed E-state index contributed by atoms with van der Waals surface area (Å²) < 4.78 is 0. The average molecular weight is 289 g/mol. The van der Waals surface area contributed by atoms with E-state index in [9.17, 15) is 0 Å². The molecule has 20 heavy (non-hydrogen) atoms. The third-order valence-electron chi connectivity index (χ3n) is 6.49. The van der Waals surface area contributed by atoms with E-state index in [4.69, 9.17) is 5.73 Å². The van der Waals surface area contributed by atoms with Gasteiger partial charge in [0.15, 0.2) is 0 Å². The average Bonchev–Trinajstić information content (AvgIpc) is 2.76. The minimum atomic E-state index is 0.360. The van der Waals surface area contributed by atoms with E-state index in [2.05, 4.69) is 30.7 Å². The molecule has 0 amide bonds. The lowest BCUT2D eigenvalue weighted by Crippen LogP contribution is -2.61. The molecule has 0 saturated heterocycles. The van der Waals surface area contributed by atoms with Crippen LogP contribution in [0, 0.1) is 22.2 Å². The van der Waals surface area contributed by atoms with Gasteiger partial charge in [0.05, 0.1) is 0 Å². The van der Waals surface area contributed by atoms with Gasteiger partial charge in [-0.1, -0.05) is 13.8 Å². The number of hydrogen-bond acceptors (Lipinski definition) is 2. The number of rotatable bonds is 3. The van der Waals surface area contributed by atoms with Crippen molar-refractivity contribution in [1.82, 2.24) is 0 Å². The Labute approximate surface area is 127 Å². The SMILES string of the molecule is CC12CC3CC(C)(C1)CC(C(N)Cc1ccsc1)(C3)C2. The Kier molecular flexibility index (Phi) is 2.74. The lowest BCUT2D eigenvalue weighted by atomic mass is 9.39. The Morgan fingerprint density at radius 3 is 2.45 bits per heavy atom. The Morgan fingerprint density at radius 1 is 1.20 bits per heavy atom. The summed E-state index contributed by atoms with van der Waals surface area (Å²) in [6.45, 7) is 5.09. The summed E-state index contributed by atoms with van der Waals surface area (Å²) in [7, 11) is 0. The predicted molar refractivity (Wildman–Crippen MR) is 85.8 cm³/mol. The maximum Gasteiger partial charge on any atom is 0.0137 e. The van der Waals surface area contributed by atoms with Gasteiger partial charge in [0.25, 0.3) is 0 Å². The first-order valence-electron chi connectivity index (χ1n) is 8.17. The topological polar surface area (TPSA) is 26.0 Å². The molecule has 4 bridgehead atoms. The molecule has 0 spiro atoms. The van der Waals surface area contributed by atoms with Crippen LogP contribution in [0.2, 0.25) is 0 Å². The van der Waals surface area contributed by atoms with Gasteiger partial charge >= 0.3 is 0 Å². The van der Waals surface area contributed by atoms with Crippen molar-refractivity contribution in [3.05, 3.63) is 22.4 Å². The fourth-order valence-electron chi connectivity index (χ4n) is 6.83. The lowest BCUT2D eigenvalue weighted by molar-refractivity contribution is -0.153. The van der Waals surface area contributed by atoms with Gasteiger partial charge in [-0.05, 0) is 89.5 Å². The zero-order valence-corrected chi connectivity index (χ0v) is 13.6. The molecule has 0 radical (unpaired) electrons. The monoisotopic (exact) mass is 289 g/mol. The van der Waals surface area contributed by atoms with E-state index in [1.165, 1.54) is 44.1 Å². The van der Waals surface area contributed by atoms with E-state index < -0.39 is 0 Å². The van der Waals surface area contributed by atoms with E-state index in [1.807, 2.05) is 0 Å². The van der Waals surface area contributed by atoms with Gasteiger partial charge in [0.2, 0.25) is 0 Å². The molecule has 3 unspecified atom stereocenters. The summed E-state index contributed by atoms with van der Waals surface area (Å²) >= 11 is 1.80. The molecule has 3 atom stereocenters. The van der Waals surface area contributed by atoms with Crippen molar-refractivity contribution >= 4 is 11.3 Å². The highest BCUT2D eigenvalue weighted by Crippen LogP contribution is 2.70. The van der Waals surface area contributed by atoms with Crippen LogP contribution in [0.1, 0.15) is 57.9 Å². The molecule has 4 saturated carbocycles. The van der Waals surface area contributed by atoms with Crippen LogP contribution in [-0.4, -0.2) is 6.04 Å². The molecule has 1 aromatic rings. The minimum Gasteiger partial charge on any atom is -0.327 e. The normalized spacial score (nSPS) is 47.6. The Bertz CT molecular complexity index is 487. The molecule has 4 fully saturated rings. The molecular formula is C18H27NS. The summed E-state index contributed by atoms with van der Waals surface area (Å²) in [5.74, 6) is 0.953. The largest absolute Gasteiger partial charge is 0.327 e. The van der Waals surface area contributed by atoms with Crippen molar-refractivity contribution in [3.63, 3.8) is 0 Å². The molecule has 0 aromatic carbocycles. The van der Waals surface area contributed by atoms with Crippen LogP contribution < -0.4 is 5.73 Å². The van der Waals surface area contributed by atoms with Gasteiger partial charge in [-0.2, -0.15) is 11.3 Å². The van der Waals surface area contributed by atoms with Gasteiger partial charge in [0.1, 0.15) is 0 Å². The maximum atomic E-state index is 6.79. The summed E-state index contributed by atoms with van der Waals surface area (Å²) in [5.41, 5.74) is 9.84. The molecule has 2 heteroatoms. The van der Waals surface area contributed by atoms with E-state index in [-0.39, 0.29) is 0 Å². The zero-order chi connectivity index (χ0) is 14.0. The van der Waals surface area contributed by atoms with Gasteiger partial charge in [-0.25, -0.2) is 0 Å². The third kappa shape index (κ3) is 1.99. The van der Waals surface area contributed by atoms with Crippen LogP contribution in [0.3, 0.4) is 0 Å². The van der Waals surface area contributed by atoms with E-state index in [0.29, 0.717) is 22.3 Å². The summed E-state index contributed by atoms with van der Waals surface area (Å²) in [5, 5.41) is 4.47. The van der Waals surface area contributed by atoms with E-state index in [1.54, 1.807) is 11.3 Å². The molecule has 4 aliphatic carbocycles. The molecular weight excluding hydrogens is 262 g/mol. The molecule has 1 heterocycles. The minimum absolute atomic E-state index is 0.360. The zero-order valence-electron chi connectivity index (χ0n) is 12.8. The first kappa shape index (κ1) is 13.3. The second-order valence-corrected chi connectivity index (χ2v) is 9.71. The van der Waals surface area contributed by atoms with Crippen LogP contribution in [-0.2, 0) is 6.42 Å². The van der Waals surface area contributed by atoms with Gasteiger partial charge in [-0.3, -0.25) is 0 Å². The molecule has 1 nitrogen and oxygen atoms in total. The van der Waals surface area contributed by atoms with Crippen molar-refractivity contribution in [1.29, 1.82) is 0 Å². The van der Waals surface area contributed by atoms with Crippen LogP contribution in [0.15, 0.2) is 16.8 Å². The number of thiophene rings is 1. The third-order valence-corrected chi connectivity index (χ3v) is 7.22. The first-order chi connectivity index (χ1) is 9.41. The van der Waals surface area contributed by atoms with Gasteiger partial charge in [-0.15, -0.1) is 0 Å². The maximum absolute atomic E-state index is 6.79. The molecule has 0 aliphatic heterocycles. The Morgan fingerprint density at radius 2 is 1.90 bits per heavy atom. The van der Waals surface area contributed by atoms with Crippen LogP contribution in [0.25, 0.3) is 0 Å². The molecule has 1 aromatic heterocycles. The highest BCUT2D eigenvalue weighted by atomic mass is 32.1. The fourth-order valence-corrected chi connectivity index (χ4v) is 7.51. The molecule has 5 rings (SSSR count). The smallest absolute Gasteiger partial charge is 0.0137 e. The highest BCUT2D eigenvalue weighted by Gasteiger charge is 2.61. The Hall–Kier alpha value is -0.340. The highest BCUT2D eigenvalue weighted by molar-refractivity contribution is 7.07. The van der Waals surface area contributed by atoms with Crippen molar-refractivity contribution in [2.24, 2.45) is 27.9 Å². The van der Waals surface area contributed by atoms with Crippen LogP contribution in [0.4, 0.5) is 0 Å². The lowest BCUT2D eigenvalue weighted by Gasteiger charge is -2.67. The van der Waals surface area contributed by atoms with Crippen molar-refractivity contribution in [2.75, 3.05) is 0 Å². The van der Waals surface area contributed by atoms with Gasteiger partial charge in [0, 0.05) is 6.04 Å². The Balaban J connectivity index is 1.63. The molecule has 4 aliphatic rings. The predicted octanol–water partition coefficient (Wildman–Crippen LogP) is 4.61. The van der Waals surface area contributed by atoms with Gasteiger partial charge < -0.3 is 5.73 Å². The fraction of sp³-hybridized carbons (Fsp3) is 0.778. The standard InChI is InChI=1S/C18H27NS/c1-16-6-14-7-17(2,10-16)12-18(8-14,11-16)15(19)5-13-3-4-20-9-13/h3-4,9,14-15H,5-8,10-12,19H2,1-2H3. The molecule has 2 N–H and O–H groups in total. The summed E-state index contributed by atoms with van der Waals surface area (Å²) in [6.07, 6.45) is 9.65. The molecule has 110 valence electrons. The second-order valence-electron chi connectivity index (χ2n) is 8.93. The van der Waals surface area contributed by atoms with E-state index in [0.717, 1.165) is 12.3 Å². The van der Waals surface area contributed by atoms with Crippen molar-refractivity contribution in [2.45, 2.75) is 64.8 Å². The second kappa shape index (κ2) is 4.10. The van der Waals surface area contributed by atoms with Crippen molar-refractivity contribution < 1.29 is 0 Å². The number of hydrogen-bond donors (Lipinski definition) is 1.